The minimum atomic E-state index is -0.246. The van der Waals surface area contributed by atoms with Gasteiger partial charge in [-0.25, -0.2) is 4.39 Å². The van der Waals surface area contributed by atoms with Gasteiger partial charge in [-0.1, -0.05) is 12.1 Å². The number of hydrogen-bond donors (Lipinski definition) is 1. The van der Waals surface area contributed by atoms with Gasteiger partial charge in [0.2, 0.25) is 0 Å². The van der Waals surface area contributed by atoms with Crippen LogP contribution in [-0.4, -0.2) is 10.8 Å². The molecule has 2 rings (SSSR count). The van der Waals surface area contributed by atoms with Crippen molar-refractivity contribution in [2.45, 2.75) is 13.3 Å². The summed E-state index contributed by atoms with van der Waals surface area (Å²) in [6.45, 7) is 1.54. The average Bonchev–Trinajstić information content (AvgIpc) is 2.69. The lowest BCUT2D eigenvalue weighted by Crippen LogP contribution is -1.96. The summed E-state index contributed by atoms with van der Waals surface area (Å²) >= 11 is 0. The van der Waals surface area contributed by atoms with Crippen LogP contribution in [-0.2, 0) is 6.42 Å². The number of ketones is 1. The van der Waals surface area contributed by atoms with Crippen molar-refractivity contribution in [3.63, 3.8) is 0 Å². The van der Waals surface area contributed by atoms with Gasteiger partial charge >= 0.3 is 0 Å². The summed E-state index contributed by atoms with van der Waals surface area (Å²) in [6, 6.07) is 6.31. The number of carbonyl (C=O) groups excluding carboxylic acids is 1. The quantitative estimate of drug-likeness (QED) is 0.788. The summed E-state index contributed by atoms with van der Waals surface area (Å²) in [5, 5.41) is 0. The third-order valence-corrected chi connectivity index (χ3v) is 2.52. The molecule has 0 aliphatic rings. The van der Waals surface area contributed by atoms with E-state index < -0.39 is 0 Å². The highest BCUT2D eigenvalue weighted by Crippen LogP contribution is 2.14. The highest BCUT2D eigenvalue weighted by atomic mass is 19.1. The SMILES string of the molecule is CC(=O)c1c[nH]cc1Cc1ccc(F)cc1. The van der Waals surface area contributed by atoms with Crippen LogP contribution in [0.2, 0.25) is 0 Å². The van der Waals surface area contributed by atoms with Crippen LogP contribution >= 0.6 is 0 Å². The Labute approximate surface area is 93.1 Å². The first-order valence-electron chi connectivity index (χ1n) is 5.08. The fourth-order valence-corrected chi connectivity index (χ4v) is 1.69. The van der Waals surface area contributed by atoms with Gasteiger partial charge in [0.1, 0.15) is 5.82 Å². The lowest BCUT2D eigenvalue weighted by molar-refractivity contribution is 0.101. The van der Waals surface area contributed by atoms with E-state index in [1.165, 1.54) is 19.1 Å². The molecule has 1 aromatic carbocycles. The summed E-state index contributed by atoms with van der Waals surface area (Å²) in [5.74, 6) is -0.206. The molecule has 0 atom stereocenters. The van der Waals surface area contributed by atoms with Gasteiger partial charge in [-0.05, 0) is 36.6 Å². The van der Waals surface area contributed by atoms with Crippen LogP contribution in [0.25, 0.3) is 0 Å². The highest BCUT2D eigenvalue weighted by Gasteiger charge is 2.08. The molecule has 0 fully saturated rings. The van der Waals surface area contributed by atoms with Crippen LogP contribution in [0.15, 0.2) is 36.7 Å². The zero-order chi connectivity index (χ0) is 11.5. The maximum absolute atomic E-state index is 12.7. The lowest BCUT2D eigenvalue weighted by atomic mass is 10.0. The van der Waals surface area contributed by atoms with Gasteiger partial charge in [-0.15, -0.1) is 0 Å². The van der Waals surface area contributed by atoms with Gasteiger partial charge in [0.15, 0.2) is 5.78 Å². The molecule has 0 saturated heterocycles. The molecule has 0 unspecified atom stereocenters. The summed E-state index contributed by atoms with van der Waals surface area (Å²) < 4.78 is 12.7. The largest absolute Gasteiger partial charge is 0.367 e. The van der Waals surface area contributed by atoms with E-state index in [1.807, 2.05) is 0 Å². The topological polar surface area (TPSA) is 32.9 Å². The zero-order valence-corrected chi connectivity index (χ0v) is 8.96. The predicted molar refractivity (Wildman–Crippen MR) is 60.0 cm³/mol. The Bertz CT molecular complexity index is 499. The molecular weight excluding hydrogens is 205 g/mol. The summed E-state index contributed by atoms with van der Waals surface area (Å²) in [4.78, 5) is 14.2. The summed E-state index contributed by atoms with van der Waals surface area (Å²) in [5.41, 5.74) is 2.63. The van der Waals surface area contributed by atoms with E-state index in [1.54, 1.807) is 24.5 Å². The molecule has 0 aliphatic carbocycles. The van der Waals surface area contributed by atoms with Crippen LogP contribution in [0.4, 0.5) is 4.39 Å². The zero-order valence-electron chi connectivity index (χ0n) is 8.96. The van der Waals surface area contributed by atoms with E-state index in [4.69, 9.17) is 0 Å². The van der Waals surface area contributed by atoms with Crippen molar-refractivity contribution in [3.05, 3.63) is 59.2 Å². The fraction of sp³-hybridized carbons (Fsp3) is 0.154. The third-order valence-electron chi connectivity index (χ3n) is 2.52. The van der Waals surface area contributed by atoms with E-state index >= 15 is 0 Å². The van der Waals surface area contributed by atoms with E-state index in [0.29, 0.717) is 12.0 Å². The molecule has 1 aromatic heterocycles. The van der Waals surface area contributed by atoms with Crippen LogP contribution in [0.1, 0.15) is 28.4 Å². The van der Waals surface area contributed by atoms with E-state index in [2.05, 4.69) is 4.98 Å². The van der Waals surface area contributed by atoms with Crippen LogP contribution < -0.4 is 0 Å². The average molecular weight is 217 g/mol. The van der Waals surface area contributed by atoms with E-state index in [9.17, 15) is 9.18 Å². The monoisotopic (exact) mass is 217 g/mol. The molecule has 1 heterocycles. The molecule has 0 radical (unpaired) electrons. The fourth-order valence-electron chi connectivity index (χ4n) is 1.69. The first kappa shape index (κ1) is 10.6. The van der Waals surface area contributed by atoms with Gasteiger partial charge in [-0.2, -0.15) is 0 Å². The number of Topliss-reactive ketones (excluding diaryl/α,β-unsaturated/α-hetero) is 1. The minimum absolute atomic E-state index is 0.0401. The lowest BCUT2D eigenvalue weighted by Gasteiger charge is -2.01. The Morgan fingerprint density at radius 1 is 1.25 bits per heavy atom. The molecule has 0 amide bonds. The van der Waals surface area contributed by atoms with Crippen molar-refractivity contribution in [2.75, 3.05) is 0 Å². The number of rotatable bonds is 3. The van der Waals surface area contributed by atoms with Crippen LogP contribution in [0.5, 0.6) is 0 Å². The number of aromatic nitrogens is 1. The van der Waals surface area contributed by atoms with Crippen molar-refractivity contribution in [2.24, 2.45) is 0 Å². The second kappa shape index (κ2) is 4.31. The van der Waals surface area contributed by atoms with Gasteiger partial charge in [0.05, 0.1) is 0 Å². The molecule has 0 spiro atoms. The number of benzene rings is 1. The van der Waals surface area contributed by atoms with E-state index in [0.717, 1.165) is 11.1 Å². The predicted octanol–water partition coefficient (Wildman–Crippen LogP) is 2.95. The van der Waals surface area contributed by atoms with Crippen LogP contribution in [0, 0.1) is 5.82 Å². The normalized spacial score (nSPS) is 10.4. The maximum atomic E-state index is 12.7. The first-order valence-corrected chi connectivity index (χ1v) is 5.08. The van der Waals surface area contributed by atoms with Gasteiger partial charge in [0.25, 0.3) is 0 Å². The number of carbonyl (C=O) groups is 1. The molecule has 16 heavy (non-hydrogen) atoms. The smallest absolute Gasteiger partial charge is 0.161 e. The maximum Gasteiger partial charge on any atom is 0.161 e. The van der Waals surface area contributed by atoms with E-state index in [-0.39, 0.29) is 11.6 Å². The Morgan fingerprint density at radius 2 is 1.94 bits per heavy atom. The van der Waals surface area contributed by atoms with Crippen LogP contribution in [0.3, 0.4) is 0 Å². The molecule has 2 nitrogen and oxygen atoms in total. The summed E-state index contributed by atoms with van der Waals surface area (Å²) in [7, 11) is 0. The standard InChI is InChI=1S/C13H12FNO/c1-9(16)13-8-15-7-11(13)6-10-2-4-12(14)5-3-10/h2-5,7-8,15H,6H2,1H3. The van der Waals surface area contributed by atoms with Crippen molar-refractivity contribution < 1.29 is 9.18 Å². The Morgan fingerprint density at radius 3 is 2.56 bits per heavy atom. The van der Waals surface area contributed by atoms with Crippen molar-refractivity contribution in [1.29, 1.82) is 0 Å². The molecule has 2 aromatic rings. The second-order valence-electron chi connectivity index (χ2n) is 3.75. The van der Waals surface area contributed by atoms with Gasteiger partial charge in [0, 0.05) is 18.0 Å². The van der Waals surface area contributed by atoms with Crippen molar-refractivity contribution >= 4 is 5.78 Å². The molecule has 0 aliphatic heterocycles. The van der Waals surface area contributed by atoms with Gasteiger partial charge in [-0.3, -0.25) is 4.79 Å². The molecule has 3 heteroatoms. The molecule has 82 valence electrons. The Balaban J connectivity index is 2.23. The highest BCUT2D eigenvalue weighted by molar-refractivity contribution is 5.95. The number of H-pyrrole nitrogens is 1. The van der Waals surface area contributed by atoms with Crippen molar-refractivity contribution in [3.8, 4) is 0 Å². The summed E-state index contributed by atoms with van der Waals surface area (Å²) in [6.07, 6.45) is 4.14. The number of aromatic amines is 1. The van der Waals surface area contributed by atoms with Gasteiger partial charge < -0.3 is 4.98 Å². The Hall–Kier alpha value is -1.90. The van der Waals surface area contributed by atoms with Crippen molar-refractivity contribution in [1.82, 2.24) is 4.98 Å². The number of nitrogens with one attached hydrogen (secondary N) is 1. The molecular formula is C13H12FNO. The minimum Gasteiger partial charge on any atom is -0.367 e. The molecule has 1 N–H and O–H groups in total. The number of hydrogen-bond acceptors (Lipinski definition) is 1. The molecule has 0 saturated carbocycles. The second-order valence-corrected chi connectivity index (χ2v) is 3.75. The molecule has 0 bridgehead atoms. The first-order chi connectivity index (χ1) is 7.66. The number of halogens is 1. The Kier molecular flexibility index (Phi) is 2.86. The third kappa shape index (κ3) is 2.19.